The molecule has 1 amide bonds. The second kappa shape index (κ2) is 10.0. The van der Waals surface area contributed by atoms with Crippen LogP contribution in [0.2, 0.25) is 0 Å². The number of halogens is 2. The molecular weight excluding hydrogens is 387 g/mol. The van der Waals surface area contributed by atoms with Crippen LogP contribution >= 0.6 is 24.8 Å². The molecule has 1 N–H and O–H groups in total. The average Bonchev–Trinajstić information content (AvgIpc) is 3.17. The number of nitrogens with zero attached hydrogens (tertiary/aromatic N) is 5. The lowest BCUT2D eigenvalue weighted by molar-refractivity contribution is -0.131. The van der Waals surface area contributed by atoms with E-state index >= 15 is 0 Å². The zero-order valence-corrected chi connectivity index (χ0v) is 17.7. The van der Waals surface area contributed by atoms with Gasteiger partial charge in [-0.15, -0.1) is 35.0 Å². The molecule has 3 fully saturated rings. The van der Waals surface area contributed by atoms with Crippen molar-refractivity contribution in [1.82, 2.24) is 29.9 Å². The number of carbonyl (C=O) groups excluding carboxylic acids is 1. The van der Waals surface area contributed by atoms with Crippen LogP contribution in [0.4, 0.5) is 0 Å². The molecule has 3 aliphatic rings. The minimum atomic E-state index is 0. The van der Waals surface area contributed by atoms with Crippen molar-refractivity contribution in [3.63, 3.8) is 0 Å². The van der Waals surface area contributed by atoms with Crippen LogP contribution in [-0.2, 0) is 11.3 Å². The molecule has 1 aliphatic carbocycles. The van der Waals surface area contributed by atoms with Crippen molar-refractivity contribution in [2.75, 3.05) is 39.8 Å². The highest BCUT2D eigenvalue weighted by Gasteiger charge is 2.34. The fourth-order valence-corrected chi connectivity index (χ4v) is 4.25. The van der Waals surface area contributed by atoms with E-state index in [1.807, 2.05) is 11.9 Å². The summed E-state index contributed by atoms with van der Waals surface area (Å²) in [6.45, 7) is 5.44. The summed E-state index contributed by atoms with van der Waals surface area (Å²) in [5.74, 6) is 2.99. The number of likely N-dealkylation sites (tertiary alicyclic amines) is 2. The normalized spacial score (nSPS) is 21.0. The van der Waals surface area contributed by atoms with E-state index in [1.54, 1.807) is 0 Å². The predicted molar refractivity (Wildman–Crippen MR) is 110 cm³/mol. The zero-order valence-electron chi connectivity index (χ0n) is 16.1. The van der Waals surface area contributed by atoms with Crippen LogP contribution < -0.4 is 5.32 Å². The highest BCUT2D eigenvalue weighted by molar-refractivity contribution is 5.85. The van der Waals surface area contributed by atoms with Gasteiger partial charge in [0.25, 0.3) is 0 Å². The molecule has 4 rings (SSSR count). The SMILES string of the molecule is CNCC(=O)N1CCC(c2nnc(CN3CCCC3)n2C2CC2)CC1.Cl.Cl. The van der Waals surface area contributed by atoms with Gasteiger partial charge in [0.05, 0.1) is 13.1 Å². The first-order valence-electron chi connectivity index (χ1n) is 9.84. The molecule has 0 unspecified atom stereocenters. The number of aromatic nitrogens is 3. The maximum absolute atomic E-state index is 12.0. The molecule has 1 saturated carbocycles. The number of likely N-dealkylation sites (N-methyl/N-ethyl adjacent to an activating group) is 1. The summed E-state index contributed by atoms with van der Waals surface area (Å²) in [6, 6.07) is 0.617. The van der Waals surface area contributed by atoms with Gasteiger partial charge < -0.3 is 14.8 Å². The molecule has 1 aromatic heterocycles. The van der Waals surface area contributed by atoms with Crippen molar-refractivity contribution in [3.05, 3.63) is 11.6 Å². The Morgan fingerprint density at radius 3 is 2.30 bits per heavy atom. The lowest BCUT2D eigenvalue weighted by Crippen LogP contribution is -2.42. The first kappa shape index (κ1) is 22.4. The molecule has 1 aromatic rings. The molecule has 27 heavy (non-hydrogen) atoms. The van der Waals surface area contributed by atoms with Gasteiger partial charge in [0.2, 0.25) is 5.91 Å². The van der Waals surface area contributed by atoms with Crippen molar-refractivity contribution in [2.24, 2.45) is 0 Å². The maximum Gasteiger partial charge on any atom is 0.236 e. The molecular formula is C18H32Cl2N6O. The first-order chi connectivity index (χ1) is 12.3. The Morgan fingerprint density at radius 1 is 1.04 bits per heavy atom. The van der Waals surface area contributed by atoms with Gasteiger partial charge in [-0.3, -0.25) is 9.69 Å². The molecule has 0 bridgehead atoms. The highest BCUT2D eigenvalue weighted by atomic mass is 35.5. The van der Waals surface area contributed by atoms with Crippen LogP contribution in [0, 0.1) is 0 Å². The smallest absolute Gasteiger partial charge is 0.236 e. The topological polar surface area (TPSA) is 66.3 Å². The fourth-order valence-electron chi connectivity index (χ4n) is 4.25. The highest BCUT2D eigenvalue weighted by Crippen LogP contribution is 2.40. The van der Waals surface area contributed by atoms with Gasteiger partial charge in [0.1, 0.15) is 11.6 Å². The Balaban J connectivity index is 0.00000131. The molecule has 7 nitrogen and oxygen atoms in total. The average molecular weight is 419 g/mol. The van der Waals surface area contributed by atoms with Crippen LogP contribution in [0.3, 0.4) is 0 Å². The summed E-state index contributed by atoms with van der Waals surface area (Å²) in [4.78, 5) is 16.5. The number of piperidine rings is 1. The molecule has 0 spiro atoms. The minimum Gasteiger partial charge on any atom is -0.342 e. The molecule has 2 saturated heterocycles. The van der Waals surface area contributed by atoms with Gasteiger partial charge in [0, 0.05) is 25.0 Å². The van der Waals surface area contributed by atoms with E-state index < -0.39 is 0 Å². The Kier molecular flexibility index (Phi) is 8.34. The van der Waals surface area contributed by atoms with Crippen LogP contribution in [0.1, 0.15) is 62.1 Å². The van der Waals surface area contributed by atoms with E-state index in [1.165, 1.54) is 44.6 Å². The Bertz CT molecular complexity index is 607. The van der Waals surface area contributed by atoms with Crippen LogP contribution in [-0.4, -0.2) is 70.2 Å². The fraction of sp³-hybridized carbons (Fsp3) is 0.833. The summed E-state index contributed by atoms with van der Waals surface area (Å²) >= 11 is 0. The van der Waals surface area contributed by atoms with Crippen molar-refractivity contribution in [1.29, 1.82) is 0 Å². The number of rotatable bonds is 6. The minimum absolute atomic E-state index is 0. The number of carbonyl (C=O) groups is 1. The zero-order chi connectivity index (χ0) is 17.2. The first-order valence-corrected chi connectivity index (χ1v) is 9.84. The summed E-state index contributed by atoms with van der Waals surface area (Å²) in [7, 11) is 1.82. The van der Waals surface area contributed by atoms with Gasteiger partial charge in [-0.2, -0.15) is 0 Å². The van der Waals surface area contributed by atoms with Crippen LogP contribution in [0.5, 0.6) is 0 Å². The Morgan fingerprint density at radius 2 is 1.70 bits per heavy atom. The maximum atomic E-state index is 12.0. The van der Waals surface area contributed by atoms with E-state index in [9.17, 15) is 4.79 Å². The molecule has 2 aliphatic heterocycles. The molecule has 9 heteroatoms. The predicted octanol–water partition coefficient (Wildman–Crippen LogP) is 1.98. The summed E-state index contributed by atoms with van der Waals surface area (Å²) in [5, 5.41) is 12.2. The second-order valence-electron chi connectivity index (χ2n) is 7.74. The summed E-state index contributed by atoms with van der Waals surface area (Å²) in [6.07, 6.45) is 7.15. The molecule has 154 valence electrons. The Labute approximate surface area is 174 Å². The van der Waals surface area contributed by atoms with E-state index in [0.29, 0.717) is 18.5 Å². The third kappa shape index (κ3) is 5.13. The third-order valence-electron chi connectivity index (χ3n) is 5.81. The number of nitrogens with one attached hydrogen (secondary N) is 1. The standard InChI is InChI=1S/C18H30N6O.2ClH/c1-19-12-17(25)23-10-6-14(7-11-23)18-21-20-16(24(18)15-4-5-15)13-22-8-2-3-9-22;;/h14-15,19H,2-13H2,1H3;2*1H. The van der Waals surface area contributed by atoms with Gasteiger partial charge in [0.15, 0.2) is 0 Å². The second-order valence-corrected chi connectivity index (χ2v) is 7.74. The molecule has 0 aromatic carbocycles. The van der Waals surface area contributed by atoms with Crippen molar-refractivity contribution in [2.45, 2.75) is 57.0 Å². The number of hydrogen-bond donors (Lipinski definition) is 1. The van der Waals surface area contributed by atoms with E-state index in [2.05, 4.69) is 25.0 Å². The monoisotopic (exact) mass is 418 g/mol. The van der Waals surface area contributed by atoms with Gasteiger partial charge >= 0.3 is 0 Å². The van der Waals surface area contributed by atoms with E-state index in [0.717, 1.165) is 38.3 Å². The lowest BCUT2D eigenvalue weighted by Gasteiger charge is -2.32. The Hall–Kier alpha value is -0.890. The van der Waals surface area contributed by atoms with Gasteiger partial charge in [-0.05, 0) is 58.7 Å². The van der Waals surface area contributed by atoms with Crippen molar-refractivity contribution < 1.29 is 4.79 Å². The molecule has 3 heterocycles. The molecule has 0 radical (unpaired) electrons. The van der Waals surface area contributed by atoms with E-state index in [-0.39, 0.29) is 30.7 Å². The quantitative estimate of drug-likeness (QED) is 0.764. The summed E-state index contributed by atoms with van der Waals surface area (Å²) < 4.78 is 2.45. The van der Waals surface area contributed by atoms with E-state index in [4.69, 9.17) is 0 Å². The number of amides is 1. The number of hydrogen-bond acceptors (Lipinski definition) is 5. The summed E-state index contributed by atoms with van der Waals surface area (Å²) in [5.41, 5.74) is 0. The van der Waals surface area contributed by atoms with Gasteiger partial charge in [-0.25, -0.2) is 0 Å². The largest absolute Gasteiger partial charge is 0.342 e. The van der Waals surface area contributed by atoms with Crippen LogP contribution in [0.25, 0.3) is 0 Å². The van der Waals surface area contributed by atoms with Crippen molar-refractivity contribution >= 4 is 30.7 Å². The molecule has 0 atom stereocenters. The third-order valence-corrected chi connectivity index (χ3v) is 5.81. The van der Waals surface area contributed by atoms with Crippen molar-refractivity contribution in [3.8, 4) is 0 Å². The van der Waals surface area contributed by atoms with Crippen LogP contribution in [0.15, 0.2) is 0 Å². The lowest BCUT2D eigenvalue weighted by atomic mass is 9.95. The van der Waals surface area contributed by atoms with Gasteiger partial charge in [-0.1, -0.05) is 0 Å².